The van der Waals surface area contributed by atoms with E-state index in [2.05, 4.69) is 48.0 Å². The van der Waals surface area contributed by atoms with E-state index in [9.17, 15) is 0 Å². The standard InChI is InChI=1S/C48H98N4O2/c1-3-5-7-9-11-13-15-17-19-21-23-25-27-29-31-33-39-51(41-35-37-49)43-45-53-47-48-54-46-44-52(42-36-38-50)40-34-32-30-28-26-24-22-20-18-16-14-12-10-8-6-4-2/h17-20H,3-16,21-50H2,1-2H3/b19-17+,20-18+. The average molecular weight is 763 g/mol. The van der Waals surface area contributed by atoms with E-state index in [-0.39, 0.29) is 0 Å². The number of rotatable bonds is 47. The van der Waals surface area contributed by atoms with Crippen molar-refractivity contribution in [2.75, 3.05) is 78.8 Å². The van der Waals surface area contributed by atoms with E-state index in [1.807, 2.05) is 0 Å². The highest BCUT2D eigenvalue weighted by Gasteiger charge is 2.06. The summed E-state index contributed by atoms with van der Waals surface area (Å²) in [5, 5.41) is 0. The third kappa shape index (κ3) is 44.0. The van der Waals surface area contributed by atoms with Gasteiger partial charge in [-0.2, -0.15) is 0 Å². The molecular formula is C48H98N4O2. The molecule has 0 aromatic carbocycles. The van der Waals surface area contributed by atoms with Crippen molar-refractivity contribution < 1.29 is 9.47 Å². The van der Waals surface area contributed by atoms with Crippen LogP contribution in [0.5, 0.6) is 0 Å². The molecule has 0 atom stereocenters. The summed E-state index contributed by atoms with van der Waals surface area (Å²) in [6, 6.07) is 0. The number of allylic oxidation sites excluding steroid dienone is 4. The van der Waals surface area contributed by atoms with Gasteiger partial charge in [-0.25, -0.2) is 0 Å². The van der Waals surface area contributed by atoms with Gasteiger partial charge in [0.25, 0.3) is 0 Å². The first-order chi connectivity index (χ1) is 26.8. The predicted octanol–water partition coefficient (Wildman–Crippen LogP) is 12.4. The van der Waals surface area contributed by atoms with E-state index in [1.165, 1.54) is 180 Å². The third-order valence-corrected chi connectivity index (χ3v) is 10.8. The van der Waals surface area contributed by atoms with Crippen molar-refractivity contribution in [3.63, 3.8) is 0 Å². The van der Waals surface area contributed by atoms with E-state index in [1.54, 1.807) is 0 Å². The topological polar surface area (TPSA) is 77.0 Å². The Morgan fingerprint density at radius 1 is 0.315 bits per heavy atom. The number of nitrogens with two attached hydrogens (primary N) is 2. The highest BCUT2D eigenvalue weighted by molar-refractivity contribution is 4.82. The molecule has 0 rings (SSSR count). The highest BCUT2D eigenvalue weighted by atomic mass is 16.5. The summed E-state index contributed by atoms with van der Waals surface area (Å²) in [4.78, 5) is 5.10. The Hall–Kier alpha value is -0.760. The lowest BCUT2D eigenvalue weighted by atomic mass is 10.1. The fraction of sp³-hybridized carbons (Fsp3) is 0.917. The lowest BCUT2D eigenvalue weighted by Gasteiger charge is -2.22. The van der Waals surface area contributed by atoms with Crippen molar-refractivity contribution in [1.82, 2.24) is 9.80 Å². The Bertz CT molecular complexity index is 674. The van der Waals surface area contributed by atoms with Gasteiger partial charge in [0, 0.05) is 13.1 Å². The second-order valence-electron chi connectivity index (χ2n) is 16.1. The van der Waals surface area contributed by atoms with E-state index in [0.29, 0.717) is 13.2 Å². The first-order valence-corrected chi connectivity index (χ1v) is 24.1. The Morgan fingerprint density at radius 3 is 0.907 bits per heavy atom. The van der Waals surface area contributed by atoms with Crippen molar-refractivity contribution in [2.24, 2.45) is 11.5 Å². The molecule has 0 saturated heterocycles. The predicted molar refractivity (Wildman–Crippen MR) is 241 cm³/mol. The molecule has 4 N–H and O–H groups in total. The van der Waals surface area contributed by atoms with Crippen LogP contribution in [0.2, 0.25) is 0 Å². The van der Waals surface area contributed by atoms with Crippen molar-refractivity contribution in [2.45, 2.75) is 206 Å². The van der Waals surface area contributed by atoms with Gasteiger partial charge < -0.3 is 30.7 Å². The minimum Gasteiger partial charge on any atom is -0.378 e. The van der Waals surface area contributed by atoms with Crippen LogP contribution in [-0.2, 0) is 9.47 Å². The first kappa shape index (κ1) is 53.2. The largest absolute Gasteiger partial charge is 0.378 e. The van der Waals surface area contributed by atoms with Crippen molar-refractivity contribution >= 4 is 0 Å². The molecule has 0 fully saturated rings. The van der Waals surface area contributed by atoms with Gasteiger partial charge in [-0.05, 0) is 116 Å². The SMILES string of the molecule is CCCCCCCC/C=C/CCCCCCCCN(CCCN)CCOCCOCCN(CCCN)CCCCCCCC/C=C/CCCCCCCC. The molecule has 0 amide bonds. The molecule has 0 aliphatic heterocycles. The zero-order valence-electron chi connectivity index (χ0n) is 36.9. The van der Waals surface area contributed by atoms with Crippen LogP contribution in [0, 0.1) is 0 Å². The molecule has 0 aromatic rings. The third-order valence-electron chi connectivity index (χ3n) is 10.8. The van der Waals surface area contributed by atoms with Crippen LogP contribution in [0.15, 0.2) is 24.3 Å². The number of unbranched alkanes of at least 4 members (excludes halogenated alkanes) is 24. The van der Waals surface area contributed by atoms with E-state index in [4.69, 9.17) is 20.9 Å². The molecule has 0 unspecified atom stereocenters. The smallest absolute Gasteiger partial charge is 0.0701 e. The summed E-state index contributed by atoms with van der Waals surface area (Å²) < 4.78 is 12.0. The van der Waals surface area contributed by atoms with E-state index < -0.39 is 0 Å². The molecule has 54 heavy (non-hydrogen) atoms. The second kappa shape index (κ2) is 48.4. The fourth-order valence-electron chi connectivity index (χ4n) is 7.18. The molecule has 0 spiro atoms. The molecule has 6 nitrogen and oxygen atoms in total. The van der Waals surface area contributed by atoms with Crippen LogP contribution in [0.3, 0.4) is 0 Å². The molecule has 0 heterocycles. The maximum atomic E-state index is 5.98. The van der Waals surface area contributed by atoms with Crippen LogP contribution in [0.25, 0.3) is 0 Å². The molecule has 0 aliphatic carbocycles. The molecule has 0 aliphatic rings. The summed E-state index contributed by atoms with van der Waals surface area (Å²) in [6.45, 7) is 15.5. The van der Waals surface area contributed by atoms with Crippen LogP contribution in [0.4, 0.5) is 0 Å². The van der Waals surface area contributed by atoms with Gasteiger partial charge in [-0.3, -0.25) is 0 Å². The van der Waals surface area contributed by atoms with E-state index in [0.717, 1.165) is 78.4 Å². The van der Waals surface area contributed by atoms with Crippen LogP contribution in [-0.4, -0.2) is 88.6 Å². The second-order valence-corrected chi connectivity index (χ2v) is 16.1. The van der Waals surface area contributed by atoms with E-state index >= 15 is 0 Å². The fourth-order valence-corrected chi connectivity index (χ4v) is 7.18. The Kier molecular flexibility index (Phi) is 47.7. The Morgan fingerprint density at radius 2 is 0.593 bits per heavy atom. The van der Waals surface area contributed by atoms with Gasteiger partial charge in [0.1, 0.15) is 0 Å². The Labute approximate surface area is 339 Å². The van der Waals surface area contributed by atoms with Gasteiger partial charge in [0.2, 0.25) is 0 Å². The number of hydrogen-bond acceptors (Lipinski definition) is 6. The summed E-state index contributed by atoms with van der Waals surface area (Å²) in [5.74, 6) is 0. The zero-order chi connectivity index (χ0) is 39.1. The maximum Gasteiger partial charge on any atom is 0.0701 e. The highest BCUT2D eigenvalue weighted by Crippen LogP contribution is 2.12. The molecule has 6 heteroatoms. The summed E-state index contributed by atoms with van der Waals surface area (Å²) in [6.07, 6.45) is 49.8. The van der Waals surface area contributed by atoms with Gasteiger partial charge in [-0.15, -0.1) is 0 Å². The van der Waals surface area contributed by atoms with Gasteiger partial charge in [-0.1, -0.05) is 154 Å². The molecule has 0 aromatic heterocycles. The van der Waals surface area contributed by atoms with Crippen molar-refractivity contribution in [1.29, 1.82) is 0 Å². The number of hydrogen-bond donors (Lipinski definition) is 2. The minimum atomic E-state index is 0.677. The lowest BCUT2D eigenvalue weighted by Crippen LogP contribution is -2.32. The quantitative estimate of drug-likeness (QED) is 0.0475. The van der Waals surface area contributed by atoms with Crippen LogP contribution in [0.1, 0.15) is 206 Å². The van der Waals surface area contributed by atoms with Gasteiger partial charge >= 0.3 is 0 Å². The number of nitrogens with zero attached hydrogens (tertiary/aromatic N) is 2. The lowest BCUT2D eigenvalue weighted by molar-refractivity contribution is 0.0307. The van der Waals surface area contributed by atoms with Crippen molar-refractivity contribution in [3.8, 4) is 0 Å². The van der Waals surface area contributed by atoms with Gasteiger partial charge in [0.05, 0.1) is 26.4 Å². The zero-order valence-corrected chi connectivity index (χ0v) is 36.9. The monoisotopic (exact) mass is 763 g/mol. The maximum absolute atomic E-state index is 5.98. The van der Waals surface area contributed by atoms with Crippen LogP contribution < -0.4 is 11.5 Å². The van der Waals surface area contributed by atoms with Crippen molar-refractivity contribution in [3.05, 3.63) is 24.3 Å². The summed E-state index contributed by atoms with van der Waals surface area (Å²) in [7, 11) is 0. The molecule has 0 saturated carbocycles. The average Bonchev–Trinajstić information content (AvgIpc) is 3.18. The molecule has 0 bridgehead atoms. The molecular weight excluding hydrogens is 665 g/mol. The first-order valence-electron chi connectivity index (χ1n) is 24.1. The minimum absolute atomic E-state index is 0.677. The Balaban J connectivity index is 3.78. The van der Waals surface area contributed by atoms with Crippen LogP contribution >= 0.6 is 0 Å². The summed E-state index contributed by atoms with van der Waals surface area (Å²) >= 11 is 0. The molecule has 322 valence electrons. The normalized spacial score (nSPS) is 12.2. The summed E-state index contributed by atoms with van der Waals surface area (Å²) in [5.41, 5.74) is 11.7. The number of ether oxygens (including phenoxy) is 2. The molecule has 0 radical (unpaired) electrons. The van der Waals surface area contributed by atoms with Gasteiger partial charge in [0.15, 0.2) is 0 Å².